The van der Waals surface area contributed by atoms with Crippen molar-refractivity contribution in [1.29, 1.82) is 0 Å². The highest BCUT2D eigenvalue weighted by molar-refractivity contribution is 5.99. The van der Waals surface area contributed by atoms with E-state index in [1.165, 1.54) is 50.8 Å². The van der Waals surface area contributed by atoms with Crippen LogP contribution in [-0.4, -0.2) is 77.9 Å². The van der Waals surface area contributed by atoms with Crippen LogP contribution in [0.25, 0.3) is 0 Å². The van der Waals surface area contributed by atoms with E-state index in [-0.39, 0.29) is 36.2 Å². The van der Waals surface area contributed by atoms with Gasteiger partial charge in [-0.3, -0.25) is 14.4 Å². The molecule has 0 bridgehead atoms. The first kappa shape index (κ1) is 24.4. The predicted octanol–water partition coefficient (Wildman–Crippen LogP) is 3.13. The number of hydrogen-bond donors (Lipinski definition) is 1. The van der Waals surface area contributed by atoms with Gasteiger partial charge in [-0.1, -0.05) is 38.8 Å². The molecule has 3 heterocycles. The third-order valence-electron chi connectivity index (χ3n) is 8.93. The largest absolute Gasteiger partial charge is 0.368 e. The van der Waals surface area contributed by atoms with Gasteiger partial charge in [0.2, 0.25) is 5.91 Å². The summed E-state index contributed by atoms with van der Waals surface area (Å²) in [6.07, 6.45) is 7.66. The molecular formula is C28H39N3O4. The Hall–Kier alpha value is -2.25. The normalized spacial score (nSPS) is 27.4. The Labute approximate surface area is 208 Å². The minimum atomic E-state index is -0.657. The molecule has 0 spiro atoms. The number of amides is 2. The lowest BCUT2D eigenvalue weighted by atomic mass is 9.85. The van der Waals surface area contributed by atoms with Crippen LogP contribution < -0.4 is 5.32 Å². The fourth-order valence-corrected chi connectivity index (χ4v) is 6.18. The van der Waals surface area contributed by atoms with Gasteiger partial charge in [0.15, 0.2) is 5.78 Å². The first-order chi connectivity index (χ1) is 17.0. The molecule has 5 rings (SSSR count). The summed E-state index contributed by atoms with van der Waals surface area (Å²) in [4.78, 5) is 43.2. The molecule has 7 nitrogen and oxygen atoms in total. The molecule has 2 amide bonds. The van der Waals surface area contributed by atoms with Crippen molar-refractivity contribution in [3.8, 4) is 0 Å². The zero-order valence-electron chi connectivity index (χ0n) is 21.1. The topological polar surface area (TPSA) is 79.0 Å². The van der Waals surface area contributed by atoms with Crippen molar-refractivity contribution in [3.05, 3.63) is 35.4 Å². The second kappa shape index (κ2) is 10.4. The molecule has 1 aliphatic carbocycles. The molecule has 1 aromatic carbocycles. The van der Waals surface area contributed by atoms with Crippen LogP contribution in [0.5, 0.6) is 0 Å². The number of likely N-dealkylation sites (tertiary alicyclic amines) is 2. The van der Waals surface area contributed by atoms with E-state index in [2.05, 4.69) is 22.3 Å². The molecule has 0 aromatic heterocycles. The van der Waals surface area contributed by atoms with E-state index < -0.39 is 12.1 Å². The van der Waals surface area contributed by atoms with Gasteiger partial charge in [-0.15, -0.1) is 0 Å². The van der Waals surface area contributed by atoms with Crippen molar-refractivity contribution in [2.45, 2.75) is 88.9 Å². The summed E-state index contributed by atoms with van der Waals surface area (Å²) in [5.41, 5.74) is 1.87. The van der Waals surface area contributed by atoms with E-state index in [1.807, 2.05) is 26.0 Å². The Morgan fingerprint density at radius 3 is 2.40 bits per heavy atom. The van der Waals surface area contributed by atoms with Gasteiger partial charge in [0.05, 0.1) is 6.10 Å². The highest BCUT2D eigenvalue weighted by atomic mass is 16.5. The second-order valence-corrected chi connectivity index (χ2v) is 10.9. The average Bonchev–Trinajstić information content (AvgIpc) is 3.44. The number of ketones is 1. The van der Waals surface area contributed by atoms with Gasteiger partial charge in [0, 0.05) is 18.2 Å². The number of carbonyl (C=O) groups is 3. The first-order valence-corrected chi connectivity index (χ1v) is 13.6. The summed E-state index contributed by atoms with van der Waals surface area (Å²) in [6, 6.07) is 7.60. The SMILES string of the molecule is CC[C@H](C)C(NC(=O)c1ccc(C2CCN(C3CCC3)CC2)cc1)C(=O)N1CC[C@H]2OCC(=O)[C@H]21. The number of benzene rings is 1. The van der Waals surface area contributed by atoms with Gasteiger partial charge in [0.25, 0.3) is 5.91 Å². The fourth-order valence-electron chi connectivity index (χ4n) is 6.18. The molecule has 4 fully saturated rings. The van der Waals surface area contributed by atoms with Crippen molar-refractivity contribution < 1.29 is 19.1 Å². The van der Waals surface area contributed by atoms with Crippen molar-refractivity contribution in [3.63, 3.8) is 0 Å². The Bertz CT molecular complexity index is 936. The number of Topliss-reactive ketones (excluding diaryl/α,β-unsaturated/α-hetero) is 1. The summed E-state index contributed by atoms with van der Waals surface area (Å²) < 4.78 is 5.54. The summed E-state index contributed by atoms with van der Waals surface area (Å²) in [5, 5.41) is 3.00. The Morgan fingerprint density at radius 2 is 1.77 bits per heavy atom. The smallest absolute Gasteiger partial charge is 0.251 e. The van der Waals surface area contributed by atoms with E-state index in [9.17, 15) is 14.4 Å². The third kappa shape index (κ3) is 4.90. The highest BCUT2D eigenvalue weighted by Crippen LogP contribution is 2.33. The average molecular weight is 482 g/mol. The van der Waals surface area contributed by atoms with Crippen LogP contribution in [0.15, 0.2) is 24.3 Å². The maximum absolute atomic E-state index is 13.5. The second-order valence-electron chi connectivity index (χ2n) is 10.9. The monoisotopic (exact) mass is 481 g/mol. The van der Waals surface area contributed by atoms with Crippen molar-refractivity contribution in [1.82, 2.24) is 15.1 Å². The molecule has 1 aromatic rings. The standard InChI is InChI=1S/C28H39N3O4/c1-3-18(2)25(28(34)31-16-13-24-26(31)23(32)17-35-24)29-27(33)21-9-7-19(8-10-21)20-11-14-30(15-12-20)22-5-4-6-22/h7-10,18,20,22,24-26H,3-6,11-17H2,1-2H3,(H,29,33)/t18-,24+,25?,26+/m0/s1. The lowest BCUT2D eigenvalue weighted by Gasteiger charge is -2.42. The Morgan fingerprint density at radius 1 is 1.06 bits per heavy atom. The van der Waals surface area contributed by atoms with Crippen LogP contribution in [0.4, 0.5) is 0 Å². The van der Waals surface area contributed by atoms with Crippen LogP contribution in [0.3, 0.4) is 0 Å². The maximum atomic E-state index is 13.5. The van der Waals surface area contributed by atoms with E-state index in [0.717, 1.165) is 12.5 Å². The van der Waals surface area contributed by atoms with E-state index in [1.54, 1.807) is 4.90 Å². The molecule has 7 heteroatoms. The fraction of sp³-hybridized carbons (Fsp3) is 0.679. The number of carbonyl (C=O) groups excluding carboxylic acids is 3. The minimum Gasteiger partial charge on any atom is -0.368 e. The summed E-state index contributed by atoms with van der Waals surface area (Å²) >= 11 is 0. The van der Waals surface area contributed by atoms with E-state index in [0.29, 0.717) is 24.4 Å². The predicted molar refractivity (Wildman–Crippen MR) is 133 cm³/mol. The van der Waals surface area contributed by atoms with Crippen LogP contribution >= 0.6 is 0 Å². The van der Waals surface area contributed by atoms with Gasteiger partial charge in [-0.05, 0) is 74.7 Å². The molecular weight excluding hydrogens is 442 g/mol. The van der Waals surface area contributed by atoms with Crippen LogP contribution in [0.1, 0.15) is 80.6 Å². The molecule has 3 aliphatic heterocycles. The summed E-state index contributed by atoms with van der Waals surface area (Å²) in [6.45, 7) is 6.90. The Kier molecular flexibility index (Phi) is 7.26. The van der Waals surface area contributed by atoms with Gasteiger partial charge in [0.1, 0.15) is 18.7 Å². The molecule has 1 N–H and O–H groups in total. The number of ether oxygens (including phenoxy) is 1. The first-order valence-electron chi connectivity index (χ1n) is 13.6. The molecule has 1 saturated carbocycles. The van der Waals surface area contributed by atoms with Crippen molar-refractivity contribution in [2.75, 3.05) is 26.2 Å². The number of fused-ring (bicyclic) bond motifs is 1. The van der Waals surface area contributed by atoms with Gasteiger partial charge in [-0.25, -0.2) is 0 Å². The van der Waals surface area contributed by atoms with E-state index >= 15 is 0 Å². The number of nitrogens with one attached hydrogen (secondary N) is 1. The van der Waals surface area contributed by atoms with Crippen molar-refractivity contribution in [2.24, 2.45) is 5.92 Å². The lowest BCUT2D eigenvalue weighted by Crippen LogP contribution is -2.54. The van der Waals surface area contributed by atoms with Crippen LogP contribution in [0, 0.1) is 5.92 Å². The van der Waals surface area contributed by atoms with Crippen molar-refractivity contribution >= 4 is 17.6 Å². The summed E-state index contributed by atoms with van der Waals surface area (Å²) in [7, 11) is 0. The Balaban J connectivity index is 1.21. The molecule has 4 atom stereocenters. The molecule has 190 valence electrons. The molecule has 3 saturated heterocycles. The summed E-state index contributed by atoms with van der Waals surface area (Å²) in [5.74, 6) is 0.0630. The number of piperidine rings is 1. The number of hydrogen-bond acceptors (Lipinski definition) is 5. The van der Waals surface area contributed by atoms with Crippen LogP contribution in [-0.2, 0) is 14.3 Å². The highest BCUT2D eigenvalue weighted by Gasteiger charge is 2.48. The van der Waals surface area contributed by atoms with E-state index in [4.69, 9.17) is 4.74 Å². The third-order valence-corrected chi connectivity index (χ3v) is 8.93. The van der Waals surface area contributed by atoms with Gasteiger partial charge >= 0.3 is 0 Å². The number of nitrogens with zero attached hydrogens (tertiary/aromatic N) is 2. The molecule has 4 aliphatic rings. The number of rotatable bonds is 7. The zero-order chi connectivity index (χ0) is 24.5. The van der Waals surface area contributed by atoms with Gasteiger partial charge < -0.3 is 19.9 Å². The van der Waals surface area contributed by atoms with Gasteiger partial charge in [-0.2, -0.15) is 0 Å². The van der Waals surface area contributed by atoms with Crippen LogP contribution in [0.2, 0.25) is 0 Å². The zero-order valence-corrected chi connectivity index (χ0v) is 21.1. The maximum Gasteiger partial charge on any atom is 0.251 e. The lowest BCUT2D eigenvalue weighted by molar-refractivity contribution is -0.139. The quantitative estimate of drug-likeness (QED) is 0.647. The minimum absolute atomic E-state index is 0.0378. The molecule has 1 unspecified atom stereocenters. The molecule has 0 radical (unpaired) electrons. The molecule has 35 heavy (non-hydrogen) atoms.